The second kappa shape index (κ2) is 8.40. The van der Waals surface area contributed by atoms with Crippen LogP contribution in [0.25, 0.3) is 0 Å². The largest absolute Gasteiger partial charge is 0.351 e. The molecule has 0 saturated heterocycles. The Morgan fingerprint density at radius 2 is 1.74 bits per heavy atom. The van der Waals surface area contributed by atoms with Gasteiger partial charge < -0.3 is 10.2 Å². The molecule has 1 N–H and O–H groups in total. The molecule has 0 atom stereocenters. The maximum absolute atomic E-state index is 12.1. The van der Waals surface area contributed by atoms with Gasteiger partial charge in [0.2, 0.25) is 0 Å². The van der Waals surface area contributed by atoms with Gasteiger partial charge in [-0.05, 0) is 24.1 Å². The van der Waals surface area contributed by atoms with E-state index < -0.39 is 0 Å². The zero-order valence-corrected chi connectivity index (χ0v) is 13.1. The average molecular weight is 305 g/mol. The van der Waals surface area contributed by atoms with E-state index in [2.05, 4.69) is 5.32 Å². The molecular weight excluding hydrogens is 286 g/mol. The Bertz CT molecular complexity index is 702. The Balaban J connectivity index is 1.93. The molecule has 0 heterocycles. The molecule has 2 rings (SSSR count). The maximum atomic E-state index is 12.1. The quantitative estimate of drug-likeness (QED) is 0.659. The molecule has 0 saturated carbocycles. The Labute approximate surface area is 136 Å². The van der Waals surface area contributed by atoms with Crippen molar-refractivity contribution < 1.29 is 4.79 Å². The van der Waals surface area contributed by atoms with Crippen LogP contribution in [0.15, 0.2) is 72.4 Å². The highest BCUT2D eigenvalue weighted by Gasteiger charge is 2.10. The van der Waals surface area contributed by atoms with E-state index in [0.717, 1.165) is 17.7 Å². The lowest BCUT2D eigenvalue weighted by atomic mass is 10.1. The molecule has 4 heteroatoms. The highest BCUT2D eigenvalue weighted by atomic mass is 16.1. The predicted molar refractivity (Wildman–Crippen MR) is 91.7 cm³/mol. The number of nitrogens with one attached hydrogen (secondary N) is 1. The topological polar surface area (TPSA) is 56.1 Å². The number of nitriles is 1. The van der Waals surface area contributed by atoms with Gasteiger partial charge >= 0.3 is 0 Å². The molecule has 1 amide bonds. The molecule has 116 valence electrons. The zero-order valence-electron chi connectivity index (χ0n) is 13.1. The van der Waals surface area contributed by atoms with Crippen molar-refractivity contribution in [3.63, 3.8) is 0 Å². The van der Waals surface area contributed by atoms with Gasteiger partial charge in [-0.2, -0.15) is 5.26 Å². The smallest absolute Gasteiger partial charge is 0.263 e. The lowest BCUT2D eigenvalue weighted by Gasteiger charge is -2.14. The van der Waals surface area contributed by atoms with Crippen LogP contribution in [-0.4, -0.2) is 19.5 Å². The first-order valence-corrected chi connectivity index (χ1v) is 7.42. The van der Waals surface area contributed by atoms with Gasteiger partial charge in [-0.3, -0.25) is 4.79 Å². The fourth-order valence-corrected chi connectivity index (χ4v) is 2.13. The molecule has 23 heavy (non-hydrogen) atoms. The van der Waals surface area contributed by atoms with Gasteiger partial charge in [-0.1, -0.05) is 48.5 Å². The van der Waals surface area contributed by atoms with Gasteiger partial charge in [-0.25, -0.2) is 0 Å². The first-order chi connectivity index (χ1) is 11.2. The van der Waals surface area contributed by atoms with Gasteiger partial charge in [-0.15, -0.1) is 0 Å². The van der Waals surface area contributed by atoms with Crippen LogP contribution >= 0.6 is 0 Å². The van der Waals surface area contributed by atoms with Crippen molar-refractivity contribution in [2.45, 2.75) is 6.42 Å². The third-order valence-corrected chi connectivity index (χ3v) is 3.39. The van der Waals surface area contributed by atoms with Crippen LogP contribution in [0.1, 0.15) is 5.56 Å². The summed E-state index contributed by atoms with van der Waals surface area (Å²) < 4.78 is 0. The van der Waals surface area contributed by atoms with Crippen molar-refractivity contribution in [2.24, 2.45) is 0 Å². The highest BCUT2D eigenvalue weighted by Crippen LogP contribution is 2.12. The number of nitrogens with zero attached hydrogens (tertiary/aromatic N) is 2. The van der Waals surface area contributed by atoms with Crippen molar-refractivity contribution in [1.29, 1.82) is 5.26 Å². The number of hydrogen-bond acceptors (Lipinski definition) is 3. The van der Waals surface area contributed by atoms with Crippen molar-refractivity contribution in [2.75, 3.05) is 18.5 Å². The van der Waals surface area contributed by atoms with E-state index in [-0.39, 0.29) is 11.5 Å². The molecule has 0 fully saturated rings. The molecule has 2 aromatic rings. The summed E-state index contributed by atoms with van der Waals surface area (Å²) in [7, 11) is 1.81. The Hall–Kier alpha value is -3.06. The summed E-state index contributed by atoms with van der Waals surface area (Å²) >= 11 is 0. The number of hydrogen-bond donors (Lipinski definition) is 1. The third kappa shape index (κ3) is 5.01. The second-order valence-electron chi connectivity index (χ2n) is 5.09. The Morgan fingerprint density at radius 1 is 1.13 bits per heavy atom. The van der Waals surface area contributed by atoms with Crippen molar-refractivity contribution in [3.05, 3.63) is 78.0 Å². The minimum atomic E-state index is -0.355. The van der Waals surface area contributed by atoms with Crippen LogP contribution in [0.4, 0.5) is 5.69 Å². The van der Waals surface area contributed by atoms with Gasteiger partial charge in [0.15, 0.2) is 0 Å². The van der Waals surface area contributed by atoms with E-state index in [1.807, 2.05) is 73.8 Å². The summed E-state index contributed by atoms with van der Waals surface area (Å²) in [4.78, 5) is 13.9. The summed E-state index contributed by atoms with van der Waals surface area (Å²) in [5.74, 6) is -0.355. The number of carbonyl (C=O) groups excluding carboxylic acids is 1. The van der Waals surface area contributed by atoms with Gasteiger partial charge in [0.05, 0.1) is 0 Å². The number of anilines is 1. The van der Waals surface area contributed by atoms with Crippen LogP contribution < -0.4 is 10.2 Å². The monoisotopic (exact) mass is 305 g/mol. The molecule has 0 spiro atoms. The van der Waals surface area contributed by atoms with E-state index in [1.165, 1.54) is 0 Å². The van der Waals surface area contributed by atoms with Gasteiger partial charge in [0, 0.05) is 25.5 Å². The molecule has 0 unspecified atom stereocenters. The maximum Gasteiger partial charge on any atom is 0.263 e. The average Bonchev–Trinajstić information content (AvgIpc) is 2.61. The van der Waals surface area contributed by atoms with Crippen LogP contribution in [-0.2, 0) is 11.2 Å². The molecule has 0 aliphatic carbocycles. The van der Waals surface area contributed by atoms with Crippen LogP contribution in [0.3, 0.4) is 0 Å². The van der Waals surface area contributed by atoms with Gasteiger partial charge in [0.1, 0.15) is 11.6 Å². The van der Waals surface area contributed by atoms with Crippen molar-refractivity contribution in [3.8, 4) is 6.07 Å². The number of benzene rings is 2. The molecule has 0 radical (unpaired) electrons. The van der Waals surface area contributed by atoms with Crippen LogP contribution in [0.5, 0.6) is 0 Å². The Morgan fingerprint density at radius 3 is 2.35 bits per heavy atom. The molecule has 0 aliphatic heterocycles. The standard InChI is InChI=1S/C19H19N3O/c1-22(18-10-6-3-7-11-18)15-17(14-20)19(23)21-13-12-16-8-4-2-5-9-16/h2-11,15H,12-13H2,1H3,(H,21,23)/b17-15-. The number of para-hydroxylation sites is 1. The summed E-state index contributed by atoms with van der Waals surface area (Å²) in [5.41, 5.74) is 2.15. The number of rotatable bonds is 6. The van der Waals surface area contributed by atoms with Crippen molar-refractivity contribution >= 4 is 11.6 Å². The summed E-state index contributed by atoms with van der Waals surface area (Å²) in [6, 6.07) is 21.4. The molecular formula is C19H19N3O. The lowest BCUT2D eigenvalue weighted by molar-refractivity contribution is -0.117. The highest BCUT2D eigenvalue weighted by molar-refractivity contribution is 5.97. The number of amides is 1. The minimum absolute atomic E-state index is 0.0874. The first-order valence-electron chi connectivity index (χ1n) is 7.42. The van der Waals surface area contributed by atoms with E-state index in [9.17, 15) is 10.1 Å². The Kier molecular flexibility index (Phi) is 5.96. The van der Waals surface area contributed by atoms with Gasteiger partial charge in [0.25, 0.3) is 5.91 Å². The fourth-order valence-electron chi connectivity index (χ4n) is 2.13. The predicted octanol–water partition coefficient (Wildman–Crippen LogP) is 2.89. The van der Waals surface area contributed by atoms with E-state index in [0.29, 0.717) is 6.54 Å². The second-order valence-corrected chi connectivity index (χ2v) is 5.09. The molecule has 0 aliphatic rings. The third-order valence-electron chi connectivity index (χ3n) is 3.39. The number of carbonyl (C=O) groups is 1. The summed E-state index contributed by atoms with van der Waals surface area (Å²) in [6.45, 7) is 0.497. The minimum Gasteiger partial charge on any atom is -0.351 e. The van der Waals surface area contributed by atoms with Crippen LogP contribution in [0, 0.1) is 11.3 Å². The molecule has 2 aromatic carbocycles. The molecule has 4 nitrogen and oxygen atoms in total. The fraction of sp³-hybridized carbons (Fsp3) is 0.158. The normalized spacial score (nSPS) is 10.7. The van der Waals surface area contributed by atoms with E-state index in [1.54, 1.807) is 11.1 Å². The zero-order chi connectivity index (χ0) is 16.5. The SMILES string of the molecule is CN(/C=C(/C#N)C(=O)NCCc1ccccc1)c1ccccc1. The first kappa shape index (κ1) is 16.3. The summed E-state index contributed by atoms with van der Waals surface area (Å²) in [6.07, 6.45) is 2.28. The molecule has 0 bridgehead atoms. The van der Waals surface area contributed by atoms with E-state index >= 15 is 0 Å². The molecule has 0 aromatic heterocycles. The van der Waals surface area contributed by atoms with Crippen molar-refractivity contribution in [1.82, 2.24) is 5.32 Å². The lowest BCUT2D eigenvalue weighted by Crippen LogP contribution is -2.28. The van der Waals surface area contributed by atoms with E-state index in [4.69, 9.17) is 0 Å². The summed E-state index contributed by atoms with van der Waals surface area (Å²) in [5, 5.41) is 12.0. The van der Waals surface area contributed by atoms with Crippen LogP contribution in [0.2, 0.25) is 0 Å².